The van der Waals surface area contributed by atoms with Crippen molar-refractivity contribution in [3.8, 4) is 22.8 Å². The minimum Gasteiger partial charge on any atom is -0.507 e. The van der Waals surface area contributed by atoms with Crippen LogP contribution in [0.5, 0.6) is 11.5 Å². The summed E-state index contributed by atoms with van der Waals surface area (Å²) < 4.78 is 0. The minimum absolute atomic E-state index is 0.0952. The van der Waals surface area contributed by atoms with E-state index in [9.17, 15) is 10.2 Å². The van der Waals surface area contributed by atoms with Crippen molar-refractivity contribution in [3.63, 3.8) is 0 Å². The quantitative estimate of drug-likeness (QED) is 0.432. The van der Waals surface area contributed by atoms with Gasteiger partial charge >= 0.3 is 0 Å². The van der Waals surface area contributed by atoms with Gasteiger partial charge in [-0.05, 0) is 43.2 Å². The van der Waals surface area contributed by atoms with Crippen molar-refractivity contribution in [2.75, 3.05) is 0 Å². The molecular formula is C24H20Cl2N2O2. The predicted octanol–water partition coefficient (Wildman–Crippen LogP) is 6.57. The Balaban J connectivity index is 1.79. The van der Waals surface area contributed by atoms with E-state index in [0.717, 1.165) is 22.4 Å². The lowest BCUT2D eigenvalue weighted by Gasteiger charge is -2.22. The van der Waals surface area contributed by atoms with Crippen LogP contribution in [0.4, 0.5) is 0 Å². The van der Waals surface area contributed by atoms with E-state index in [-0.39, 0.29) is 21.9 Å². The molecule has 3 N–H and O–H groups in total. The van der Waals surface area contributed by atoms with Gasteiger partial charge in [-0.2, -0.15) is 5.10 Å². The number of aromatic amines is 1. The Morgan fingerprint density at radius 1 is 1.03 bits per heavy atom. The average Bonchev–Trinajstić information content (AvgIpc) is 2.96. The highest BCUT2D eigenvalue weighted by atomic mass is 35.5. The van der Waals surface area contributed by atoms with E-state index in [1.807, 2.05) is 43.4 Å². The van der Waals surface area contributed by atoms with Crippen LogP contribution in [0.3, 0.4) is 0 Å². The largest absolute Gasteiger partial charge is 0.507 e. The molecule has 0 aliphatic heterocycles. The third kappa shape index (κ3) is 3.64. The molecule has 3 aromatic rings. The Hall–Kier alpha value is -2.95. The van der Waals surface area contributed by atoms with Gasteiger partial charge in [0.1, 0.15) is 17.2 Å². The fourth-order valence-electron chi connectivity index (χ4n) is 3.63. The summed E-state index contributed by atoms with van der Waals surface area (Å²) in [5.41, 5.74) is 4.39. The molecule has 0 fully saturated rings. The lowest BCUT2D eigenvalue weighted by Crippen LogP contribution is -2.15. The van der Waals surface area contributed by atoms with Gasteiger partial charge in [0.05, 0.1) is 5.02 Å². The zero-order valence-corrected chi connectivity index (χ0v) is 18.0. The van der Waals surface area contributed by atoms with E-state index in [1.54, 1.807) is 0 Å². The van der Waals surface area contributed by atoms with Crippen molar-refractivity contribution in [3.05, 3.63) is 93.6 Å². The first-order valence-electron chi connectivity index (χ1n) is 9.40. The van der Waals surface area contributed by atoms with Crippen molar-refractivity contribution in [1.29, 1.82) is 0 Å². The molecule has 1 atom stereocenters. The van der Waals surface area contributed by atoms with Gasteiger partial charge in [-0.25, -0.2) is 0 Å². The fourth-order valence-corrected chi connectivity index (χ4v) is 3.98. The van der Waals surface area contributed by atoms with Crippen molar-refractivity contribution in [2.45, 2.75) is 19.3 Å². The maximum atomic E-state index is 10.4. The predicted molar refractivity (Wildman–Crippen MR) is 122 cm³/mol. The normalized spacial score (nSPS) is 18.3. The number of H-pyrrole nitrogens is 1. The van der Waals surface area contributed by atoms with Crippen LogP contribution in [0.1, 0.15) is 23.7 Å². The van der Waals surface area contributed by atoms with Crippen LogP contribution in [-0.4, -0.2) is 20.4 Å². The van der Waals surface area contributed by atoms with E-state index in [4.69, 9.17) is 23.2 Å². The summed E-state index contributed by atoms with van der Waals surface area (Å²) >= 11 is 12.3. The number of aryl methyl sites for hydroxylation is 1. The lowest BCUT2D eigenvalue weighted by atomic mass is 9.82. The number of phenolic OH excluding ortho intramolecular Hbond substituents is 2. The van der Waals surface area contributed by atoms with Crippen molar-refractivity contribution < 1.29 is 10.2 Å². The van der Waals surface area contributed by atoms with Crippen LogP contribution >= 0.6 is 23.2 Å². The van der Waals surface area contributed by atoms with Crippen LogP contribution in [0.2, 0.25) is 10.0 Å². The number of benzene rings is 2. The number of nitrogens with one attached hydrogen (secondary N) is 1. The van der Waals surface area contributed by atoms with E-state index in [0.29, 0.717) is 16.3 Å². The van der Waals surface area contributed by atoms with Crippen LogP contribution in [0.15, 0.2) is 66.8 Å². The molecular weight excluding hydrogens is 419 g/mol. The SMILES string of the molecule is Cc1[nH]nc(-c2cc(Cl)c(O)cc2O)c1C1=CC=CC(C)(c2cccc(Cl)c2)C=C1. The number of rotatable bonds is 3. The molecule has 4 rings (SSSR count). The smallest absolute Gasteiger partial charge is 0.137 e. The van der Waals surface area contributed by atoms with Crippen molar-refractivity contribution in [1.82, 2.24) is 10.2 Å². The molecule has 1 aliphatic rings. The van der Waals surface area contributed by atoms with Gasteiger partial charge in [0.25, 0.3) is 0 Å². The Kier molecular flexibility index (Phi) is 5.22. The van der Waals surface area contributed by atoms with Gasteiger partial charge in [0.15, 0.2) is 0 Å². The second-order valence-electron chi connectivity index (χ2n) is 7.50. The molecule has 152 valence electrons. The Morgan fingerprint density at radius 3 is 2.60 bits per heavy atom. The average molecular weight is 439 g/mol. The van der Waals surface area contributed by atoms with E-state index >= 15 is 0 Å². The molecule has 2 aromatic carbocycles. The number of aromatic nitrogens is 2. The topological polar surface area (TPSA) is 69.1 Å². The van der Waals surface area contributed by atoms with Crippen LogP contribution < -0.4 is 0 Å². The first-order valence-corrected chi connectivity index (χ1v) is 10.2. The molecule has 1 heterocycles. The van der Waals surface area contributed by atoms with Crippen LogP contribution in [0, 0.1) is 6.92 Å². The molecule has 1 aliphatic carbocycles. The summed E-state index contributed by atoms with van der Waals surface area (Å²) in [6.45, 7) is 4.04. The second kappa shape index (κ2) is 7.71. The number of nitrogens with zero attached hydrogens (tertiary/aromatic N) is 1. The Morgan fingerprint density at radius 2 is 1.83 bits per heavy atom. The van der Waals surface area contributed by atoms with Crippen LogP contribution in [-0.2, 0) is 5.41 Å². The summed E-state index contributed by atoms with van der Waals surface area (Å²) in [4.78, 5) is 0. The van der Waals surface area contributed by atoms with Gasteiger partial charge in [-0.3, -0.25) is 5.10 Å². The Labute approximate surface area is 184 Å². The van der Waals surface area contributed by atoms with E-state index in [2.05, 4.69) is 35.3 Å². The number of hydrogen-bond donors (Lipinski definition) is 3. The summed E-state index contributed by atoms with van der Waals surface area (Å²) in [7, 11) is 0. The third-order valence-corrected chi connectivity index (χ3v) is 5.87. The molecule has 0 saturated heterocycles. The molecule has 0 radical (unpaired) electrons. The molecule has 4 nitrogen and oxygen atoms in total. The zero-order chi connectivity index (χ0) is 21.5. The van der Waals surface area contributed by atoms with Gasteiger partial charge < -0.3 is 10.2 Å². The number of aromatic hydroxyl groups is 2. The number of hydrogen-bond acceptors (Lipinski definition) is 3. The molecule has 0 saturated carbocycles. The van der Waals surface area contributed by atoms with Gasteiger partial charge in [0.2, 0.25) is 0 Å². The summed E-state index contributed by atoms with van der Waals surface area (Å²) in [6, 6.07) is 10.6. The molecule has 30 heavy (non-hydrogen) atoms. The fraction of sp³-hybridized carbons (Fsp3) is 0.125. The highest BCUT2D eigenvalue weighted by Gasteiger charge is 2.24. The molecule has 0 amide bonds. The zero-order valence-electron chi connectivity index (χ0n) is 16.4. The maximum Gasteiger partial charge on any atom is 0.137 e. The maximum absolute atomic E-state index is 10.4. The molecule has 1 unspecified atom stereocenters. The number of halogens is 2. The van der Waals surface area contributed by atoms with Crippen molar-refractivity contribution >= 4 is 28.8 Å². The summed E-state index contributed by atoms with van der Waals surface area (Å²) in [5.74, 6) is -0.275. The van der Waals surface area contributed by atoms with E-state index < -0.39 is 0 Å². The molecule has 0 spiro atoms. The summed E-state index contributed by atoms with van der Waals surface area (Å²) in [6.07, 6.45) is 10.3. The Bertz CT molecular complexity index is 1220. The summed E-state index contributed by atoms with van der Waals surface area (Å²) in [5, 5.41) is 28.4. The first-order chi connectivity index (χ1) is 14.3. The minimum atomic E-state index is -0.328. The molecule has 0 bridgehead atoms. The molecule has 1 aromatic heterocycles. The number of phenols is 2. The molecule has 6 heteroatoms. The number of allylic oxidation sites excluding steroid dienone is 6. The monoisotopic (exact) mass is 438 g/mol. The second-order valence-corrected chi connectivity index (χ2v) is 8.34. The first kappa shape index (κ1) is 20.3. The standard InChI is InChI=1S/C24H20Cl2N2O2/c1-14-22(23(28-27-14)18-12-19(26)21(30)13-20(18)29)15-5-4-9-24(2,10-8-15)16-6-3-7-17(25)11-16/h3-13,29-30H,1-2H3,(H,27,28). The van der Waals surface area contributed by atoms with Gasteiger partial charge in [-0.15, -0.1) is 0 Å². The lowest BCUT2D eigenvalue weighted by molar-refractivity contribution is 0.452. The highest BCUT2D eigenvalue weighted by Crippen LogP contribution is 2.41. The van der Waals surface area contributed by atoms with Crippen LogP contribution in [0.25, 0.3) is 16.8 Å². The van der Waals surface area contributed by atoms with Crippen molar-refractivity contribution in [2.24, 2.45) is 0 Å². The highest BCUT2D eigenvalue weighted by molar-refractivity contribution is 6.32. The van der Waals surface area contributed by atoms with E-state index in [1.165, 1.54) is 12.1 Å². The van der Waals surface area contributed by atoms with Gasteiger partial charge in [-0.1, -0.05) is 65.7 Å². The van der Waals surface area contributed by atoms with Gasteiger partial charge in [0, 0.05) is 33.3 Å². The third-order valence-electron chi connectivity index (χ3n) is 5.33.